The van der Waals surface area contributed by atoms with Crippen molar-refractivity contribution in [1.82, 2.24) is 15.0 Å². The van der Waals surface area contributed by atoms with E-state index in [1.165, 1.54) is 12.8 Å². The maximum absolute atomic E-state index is 12.5. The van der Waals surface area contributed by atoms with E-state index in [0.717, 1.165) is 23.5 Å². The first-order chi connectivity index (χ1) is 11.3. The lowest BCUT2D eigenvalue weighted by molar-refractivity contribution is 0.102. The Labute approximate surface area is 133 Å². The molecule has 5 heteroatoms. The molecule has 3 aromatic rings. The summed E-state index contributed by atoms with van der Waals surface area (Å²) in [7, 11) is 0. The Morgan fingerprint density at radius 1 is 1.09 bits per heavy atom. The van der Waals surface area contributed by atoms with Gasteiger partial charge in [0.25, 0.3) is 5.91 Å². The fourth-order valence-electron chi connectivity index (χ4n) is 2.59. The Morgan fingerprint density at radius 2 is 1.87 bits per heavy atom. The lowest BCUT2D eigenvalue weighted by Gasteiger charge is -2.07. The van der Waals surface area contributed by atoms with Crippen molar-refractivity contribution in [3.8, 4) is 0 Å². The van der Waals surface area contributed by atoms with Gasteiger partial charge in [-0.25, -0.2) is 9.97 Å². The molecule has 0 unspecified atom stereocenters. The molecule has 1 N–H and O–H groups in total. The molecule has 1 fully saturated rings. The van der Waals surface area contributed by atoms with E-state index in [1.54, 1.807) is 24.7 Å². The van der Waals surface area contributed by atoms with Crippen LogP contribution in [0.5, 0.6) is 0 Å². The van der Waals surface area contributed by atoms with Gasteiger partial charge in [0.05, 0.1) is 29.2 Å². The van der Waals surface area contributed by atoms with Gasteiger partial charge in [-0.05, 0) is 30.9 Å². The van der Waals surface area contributed by atoms with E-state index in [2.05, 4.69) is 20.3 Å². The first-order valence-corrected chi connectivity index (χ1v) is 7.75. The molecule has 114 valence electrons. The van der Waals surface area contributed by atoms with Crippen molar-refractivity contribution < 1.29 is 4.79 Å². The summed E-state index contributed by atoms with van der Waals surface area (Å²) in [5.74, 6) is 1.39. The van der Waals surface area contributed by atoms with Crippen molar-refractivity contribution >= 4 is 22.5 Å². The van der Waals surface area contributed by atoms with Crippen LogP contribution in [0.4, 0.5) is 5.69 Å². The third-order valence-corrected chi connectivity index (χ3v) is 4.01. The molecule has 1 aromatic carbocycles. The number of para-hydroxylation sites is 1. The number of fused-ring (bicyclic) bond motifs is 1. The SMILES string of the molecule is O=C(Nc1cnc(CC2CC2)nc1)c1cccc2cccnc12. The summed E-state index contributed by atoms with van der Waals surface area (Å²) in [6.45, 7) is 0. The number of carbonyl (C=O) groups is 1. The number of amides is 1. The zero-order chi connectivity index (χ0) is 15.6. The summed E-state index contributed by atoms with van der Waals surface area (Å²) < 4.78 is 0. The molecule has 1 aliphatic rings. The molecular formula is C18H16N4O. The van der Waals surface area contributed by atoms with Gasteiger partial charge in [-0.1, -0.05) is 18.2 Å². The fraction of sp³-hybridized carbons (Fsp3) is 0.222. The first-order valence-electron chi connectivity index (χ1n) is 7.75. The highest BCUT2D eigenvalue weighted by Crippen LogP contribution is 2.31. The van der Waals surface area contributed by atoms with Gasteiger partial charge in [-0.15, -0.1) is 0 Å². The topological polar surface area (TPSA) is 67.8 Å². The first kappa shape index (κ1) is 13.8. The molecule has 2 aromatic heterocycles. The number of benzene rings is 1. The number of hydrogen-bond acceptors (Lipinski definition) is 4. The molecule has 1 saturated carbocycles. The van der Waals surface area contributed by atoms with Crippen molar-refractivity contribution in [2.75, 3.05) is 5.32 Å². The maximum atomic E-state index is 12.5. The van der Waals surface area contributed by atoms with Crippen LogP contribution in [0.1, 0.15) is 29.0 Å². The van der Waals surface area contributed by atoms with Crippen LogP contribution in [0.15, 0.2) is 48.9 Å². The van der Waals surface area contributed by atoms with Crippen LogP contribution in [0, 0.1) is 5.92 Å². The van der Waals surface area contributed by atoms with E-state index in [4.69, 9.17) is 0 Å². The molecule has 0 spiro atoms. The quantitative estimate of drug-likeness (QED) is 0.803. The highest BCUT2D eigenvalue weighted by molar-refractivity contribution is 6.11. The van der Waals surface area contributed by atoms with Gasteiger partial charge in [0.15, 0.2) is 0 Å². The van der Waals surface area contributed by atoms with Crippen LogP contribution in [-0.4, -0.2) is 20.9 Å². The monoisotopic (exact) mass is 304 g/mol. The van der Waals surface area contributed by atoms with E-state index in [1.807, 2.05) is 24.3 Å². The number of hydrogen-bond donors (Lipinski definition) is 1. The fourth-order valence-corrected chi connectivity index (χ4v) is 2.59. The molecule has 1 amide bonds. The van der Waals surface area contributed by atoms with Gasteiger partial charge in [-0.3, -0.25) is 9.78 Å². The van der Waals surface area contributed by atoms with Crippen molar-refractivity contribution in [2.45, 2.75) is 19.3 Å². The van der Waals surface area contributed by atoms with E-state index in [-0.39, 0.29) is 5.91 Å². The van der Waals surface area contributed by atoms with Crippen molar-refractivity contribution in [3.05, 3.63) is 60.3 Å². The third kappa shape index (κ3) is 3.04. The summed E-state index contributed by atoms with van der Waals surface area (Å²) in [4.78, 5) is 25.5. The molecule has 5 nitrogen and oxygen atoms in total. The Bertz CT molecular complexity index is 851. The van der Waals surface area contributed by atoms with Gasteiger partial charge in [0.1, 0.15) is 5.82 Å². The molecule has 0 radical (unpaired) electrons. The van der Waals surface area contributed by atoms with Crippen LogP contribution in [-0.2, 0) is 6.42 Å². The average molecular weight is 304 g/mol. The standard InChI is InChI=1S/C18H16N4O/c23-18(15-5-1-3-13-4-2-8-19-17(13)15)22-14-10-20-16(21-11-14)9-12-6-7-12/h1-5,8,10-12H,6-7,9H2,(H,22,23). The second-order valence-corrected chi connectivity index (χ2v) is 5.87. The Balaban J connectivity index is 1.54. The molecule has 0 atom stereocenters. The third-order valence-electron chi connectivity index (χ3n) is 4.01. The summed E-state index contributed by atoms with van der Waals surface area (Å²) in [5, 5.41) is 3.78. The predicted molar refractivity (Wildman–Crippen MR) is 88.2 cm³/mol. The number of pyridine rings is 1. The minimum atomic E-state index is -0.201. The second kappa shape index (κ2) is 5.76. The highest BCUT2D eigenvalue weighted by Gasteiger charge is 2.22. The number of nitrogens with zero attached hydrogens (tertiary/aromatic N) is 3. The molecular weight excluding hydrogens is 288 g/mol. The largest absolute Gasteiger partial charge is 0.319 e. The van der Waals surface area contributed by atoms with Crippen molar-refractivity contribution in [2.24, 2.45) is 5.92 Å². The minimum Gasteiger partial charge on any atom is -0.319 e. The summed E-state index contributed by atoms with van der Waals surface area (Å²) in [5.41, 5.74) is 1.84. The lowest BCUT2D eigenvalue weighted by Crippen LogP contribution is -2.13. The smallest absolute Gasteiger partial charge is 0.257 e. The molecule has 0 bridgehead atoms. The van der Waals surface area contributed by atoms with E-state index >= 15 is 0 Å². The van der Waals surface area contributed by atoms with Gasteiger partial charge >= 0.3 is 0 Å². The van der Waals surface area contributed by atoms with Crippen LogP contribution in [0.2, 0.25) is 0 Å². The van der Waals surface area contributed by atoms with Crippen LogP contribution >= 0.6 is 0 Å². The number of nitrogens with one attached hydrogen (secondary N) is 1. The average Bonchev–Trinajstić information content (AvgIpc) is 3.40. The Morgan fingerprint density at radius 3 is 2.65 bits per heavy atom. The highest BCUT2D eigenvalue weighted by atomic mass is 16.1. The van der Waals surface area contributed by atoms with Gasteiger partial charge in [-0.2, -0.15) is 0 Å². The van der Waals surface area contributed by atoms with Gasteiger partial charge in [0.2, 0.25) is 0 Å². The van der Waals surface area contributed by atoms with E-state index < -0.39 is 0 Å². The zero-order valence-corrected chi connectivity index (χ0v) is 12.6. The second-order valence-electron chi connectivity index (χ2n) is 5.87. The van der Waals surface area contributed by atoms with Crippen molar-refractivity contribution in [3.63, 3.8) is 0 Å². The molecule has 0 saturated heterocycles. The van der Waals surface area contributed by atoms with Gasteiger partial charge in [0, 0.05) is 18.0 Å². The normalized spacial score (nSPS) is 13.9. The lowest BCUT2D eigenvalue weighted by atomic mass is 10.1. The summed E-state index contributed by atoms with van der Waals surface area (Å²) in [6, 6.07) is 9.36. The number of anilines is 1. The van der Waals surface area contributed by atoms with Gasteiger partial charge < -0.3 is 5.32 Å². The van der Waals surface area contributed by atoms with Crippen LogP contribution < -0.4 is 5.32 Å². The Kier molecular flexibility index (Phi) is 3.46. The molecule has 0 aliphatic heterocycles. The van der Waals surface area contributed by atoms with E-state index in [9.17, 15) is 4.79 Å². The minimum absolute atomic E-state index is 0.201. The summed E-state index contributed by atoms with van der Waals surface area (Å²) in [6.07, 6.45) is 8.50. The zero-order valence-electron chi connectivity index (χ0n) is 12.6. The maximum Gasteiger partial charge on any atom is 0.257 e. The number of rotatable bonds is 4. The molecule has 4 rings (SSSR count). The van der Waals surface area contributed by atoms with Crippen LogP contribution in [0.3, 0.4) is 0 Å². The molecule has 1 aliphatic carbocycles. The number of carbonyl (C=O) groups excluding carboxylic acids is 1. The summed E-state index contributed by atoms with van der Waals surface area (Å²) >= 11 is 0. The van der Waals surface area contributed by atoms with E-state index in [0.29, 0.717) is 16.8 Å². The van der Waals surface area contributed by atoms with Crippen molar-refractivity contribution in [1.29, 1.82) is 0 Å². The molecule has 23 heavy (non-hydrogen) atoms. The molecule has 2 heterocycles. The predicted octanol–water partition coefficient (Wildman–Crippen LogP) is 3.23. The number of aromatic nitrogens is 3. The Hall–Kier alpha value is -2.82. The van der Waals surface area contributed by atoms with Crippen LogP contribution in [0.25, 0.3) is 10.9 Å².